The van der Waals surface area contributed by atoms with Gasteiger partial charge < -0.3 is 5.21 Å². The molecule has 7 heavy (non-hydrogen) atoms. The molecule has 0 saturated heterocycles. The molecule has 0 saturated carbocycles. The minimum atomic E-state index is -0.639. The van der Waals surface area contributed by atoms with Gasteiger partial charge in [-0.3, -0.25) is 0 Å². The summed E-state index contributed by atoms with van der Waals surface area (Å²) in [6, 6.07) is -0.639. The molecule has 1 N–H and O–H groups in total. The van der Waals surface area contributed by atoms with E-state index in [0.29, 0.717) is 4.74 Å². The molecule has 1 rings (SSSR count). The molecule has 4 heteroatoms. The Kier molecular flexibility index (Phi) is 0.651. The topological polar surface area (TPSA) is 52.7 Å². The molecule has 36 valence electrons. The summed E-state index contributed by atoms with van der Waals surface area (Å²) < 4.78 is 0.417. The van der Waals surface area contributed by atoms with Crippen LogP contribution in [0, 0.1) is 0 Å². The first-order valence-electron chi connectivity index (χ1n) is 1.70. The van der Waals surface area contributed by atoms with Crippen LogP contribution in [0.2, 0.25) is 0 Å². The van der Waals surface area contributed by atoms with E-state index in [1.54, 1.807) is 0 Å². The van der Waals surface area contributed by atoms with Crippen molar-refractivity contribution in [1.29, 1.82) is 0 Å². The highest BCUT2D eigenvalue weighted by atomic mass is 16.5. The molecule has 1 aliphatic heterocycles. The van der Waals surface area contributed by atoms with Crippen molar-refractivity contribution in [3.05, 3.63) is 0 Å². The van der Waals surface area contributed by atoms with Crippen molar-refractivity contribution >= 4 is 18.5 Å². The van der Waals surface area contributed by atoms with Crippen LogP contribution in [0.3, 0.4) is 0 Å². The van der Waals surface area contributed by atoms with Crippen molar-refractivity contribution in [2.24, 2.45) is 4.99 Å². The molecule has 0 aromatic heterocycles. The van der Waals surface area contributed by atoms with Gasteiger partial charge in [-0.05, 0) is 9.73 Å². The van der Waals surface area contributed by atoms with Gasteiger partial charge in [0, 0.05) is 0 Å². The summed E-state index contributed by atoms with van der Waals surface area (Å²) in [6.07, 6.45) is 2.39. The Morgan fingerprint density at radius 3 is 2.71 bits per heavy atom. The molecule has 0 atom stereocenters. The van der Waals surface area contributed by atoms with Crippen molar-refractivity contribution in [3.8, 4) is 0 Å². The van der Waals surface area contributed by atoms with Gasteiger partial charge in [-0.2, -0.15) is 4.79 Å². The van der Waals surface area contributed by atoms with Crippen molar-refractivity contribution in [3.63, 3.8) is 0 Å². The van der Waals surface area contributed by atoms with E-state index in [1.165, 1.54) is 12.4 Å². The number of urea groups is 1. The summed E-state index contributed by atoms with van der Waals surface area (Å²) in [7, 11) is 0. The lowest BCUT2D eigenvalue weighted by Crippen LogP contribution is -2.07. The molecule has 0 unspecified atom stereocenters. The van der Waals surface area contributed by atoms with Crippen molar-refractivity contribution in [2.45, 2.75) is 0 Å². The van der Waals surface area contributed by atoms with Crippen LogP contribution in [-0.2, 0) is 0 Å². The maximum atomic E-state index is 10.0. The fraction of sp³-hybridized carbons (Fsp3) is 0. The smallest absolute Gasteiger partial charge is 0.347 e. The SMILES string of the molecule is O=C1N=CC=[N+]1O. The van der Waals surface area contributed by atoms with E-state index in [4.69, 9.17) is 5.21 Å². The number of carbonyl (C=O) groups excluding carboxylic acids is 1. The Morgan fingerprint density at radius 1 is 1.86 bits per heavy atom. The summed E-state index contributed by atoms with van der Waals surface area (Å²) in [6.45, 7) is 0. The third-order valence-electron chi connectivity index (χ3n) is 0.589. The normalized spacial score (nSPS) is 17.7. The predicted molar refractivity (Wildman–Crippen MR) is 22.0 cm³/mol. The first-order chi connectivity index (χ1) is 3.30. The minimum absolute atomic E-state index is 0.417. The quantitative estimate of drug-likeness (QED) is 0.256. The maximum absolute atomic E-state index is 10.0. The second-order valence-corrected chi connectivity index (χ2v) is 1.05. The highest BCUT2D eigenvalue weighted by Gasteiger charge is 2.17. The zero-order valence-electron chi connectivity index (χ0n) is 3.40. The highest BCUT2D eigenvalue weighted by molar-refractivity contribution is 6.19. The fourth-order valence-electron chi connectivity index (χ4n) is 0.283. The number of hydrogen-bond acceptors (Lipinski definition) is 2. The summed E-state index contributed by atoms with van der Waals surface area (Å²) in [5.74, 6) is 0. The van der Waals surface area contributed by atoms with Gasteiger partial charge in [0.05, 0.1) is 0 Å². The standard InChI is InChI=1S/C3H3N2O2/c6-3-4-1-2-5(3)7/h1-2H,(H,4,6,7)/q+1. The maximum Gasteiger partial charge on any atom is 0.579 e. The Balaban J connectivity index is 2.89. The summed E-state index contributed by atoms with van der Waals surface area (Å²) in [4.78, 5) is 13.2. The lowest BCUT2D eigenvalue weighted by atomic mass is 10.8. The van der Waals surface area contributed by atoms with Crippen molar-refractivity contribution < 1.29 is 14.7 Å². The number of aliphatic imine (C=N–C) groups is 1. The molecule has 4 nitrogen and oxygen atoms in total. The lowest BCUT2D eigenvalue weighted by Gasteiger charge is -1.72. The number of hydroxylamine groups is 1. The second kappa shape index (κ2) is 1.14. The third kappa shape index (κ3) is 0.489. The molecule has 0 aromatic rings. The molecule has 0 bridgehead atoms. The molecule has 0 fully saturated rings. The summed E-state index contributed by atoms with van der Waals surface area (Å²) in [5, 5.41) is 8.30. The minimum Gasteiger partial charge on any atom is -0.347 e. The van der Waals surface area contributed by atoms with Crippen molar-refractivity contribution in [1.82, 2.24) is 0 Å². The van der Waals surface area contributed by atoms with Crippen LogP contribution >= 0.6 is 0 Å². The lowest BCUT2D eigenvalue weighted by molar-refractivity contribution is -0.691. The molecule has 0 spiro atoms. The predicted octanol–water partition coefficient (Wildman–Crippen LogP) is -0.337. The molecule has 0 aliphatic carbocycles. The Morgan fingerprint density at radius 2 is 2.57 bits per heavy atom. The van der Waals surface area contributed by atoms with Crippen LogP contribution in [0.25, 0.3) is 0 Å². The van der Waals surface area contributed by atoms with E-state index in [-0.39, 0.29) is 0 Å². The average Bonchev–Trinajstić information content (AvgIpc) is 1.91. The van der Waals surface area contributed by atoms with E-state index in [9.17, 15) is 4.79 Å². The van der Waals surface area contributed by atoms with E-state index in [2.05, 4.69) is 4.99 Å². The summed E-state index contributed by atoms with van der Waals surface area (Å²) >= 11 is 0. The van der Waals surface area contributed by atoms with Crippen molar-refractivity contribution in [2.75, 3.05) is 0 Å². The zero-order chi connectivity index (χ0) is 5.28. The van der Waals surface area contributed by atoms with Gasteiger partial charge in [-0.25, -0.2) is 0 Å². The average molecular weight is 99.1 g/mol. The van der Waals surface area contributed by atoms with Gasteiger partial charge in [0.25, 0.3) is 0 Å². The van der Waals surface area contributed by atoms with Gasteiger partial charge in [-0.1, -0.05) is 0 Å². The summed E-state index contributed by atoms with van der Waals surface area (Å²) in [5.41, 5.74) is 0. The first-order valence-corrected chi connectivity index (χ1v) is 1.70. The number of amides is 2. The van der Waals surface area contributed by atoms with E-state index < -0.39 is 6.03 Å². The van der Waals surface area contributed by atoms with Crippen LogP contribution in [-0.4, -0.2) is 28.4 Å². The zero-order valence-corrected chi connectivity index (χ0v) is 3.40. The Bertz CT molecular complexity index is 158. The Labute approximate surface area is 39.4 Å². The number of rotatable bonds is 0. The Hall–Kier alpha value is -1.19. The van der Waals surface area contributed by atoms with E-state index in [1.807, 2.05) is 0 Å². The van der Waals surface area contributed by atoms with Crippen LogP contribution in [0.5, 0.6) is 0 Å². The van der Waals surface area contributed by atoms with Gasteiger partial charge in [0.15, 0.2) is 12.4 Å². The van der Waals surface area contributed by atoms with Gasteiger partial charge in [0.2, 0.25) is 0 Å². The third-order valence-corrected chi connectivity index (χ3v) is 0.589. The van der Waals surface area contributed by atoms with Crippen LogP contribution < -0.4 is 0 Å². The van der Waals surface area contributed by atoms with Crippen LogP contribution in [0.4, 0.5) is 4.79 Å². The molecular formula is C3H3N2O2+. The van der Waals surface area contributed by atoms with E-state index >= 15 is 0 Å². The first kappa shape index (κ1) is 3.98. The fourth-order valence-corrected chi connectivity index (χ4v) is 0.283. The number of carbonyl (C=O) groups is 1. The largest absolute Gasteiger partial charge is 0.579 e. The monoisotopic (exact) mass is 99.0 g/mol. The molecule has 1 heterocycles. The number of hydrogen-bond donors (Lipinski definition) is 1. The molecule has 0 aromatic carbocycles. The van der Waals surface area contributed by atoms with Gasteiger partial charge >= 0.3 is 6.03 Å². The second-order valence-electron chi connectivity index (χ2n) is 1.05. The van der Waals surface area contributed by atoms with Crippen LogP contribution in [0.1, 0.15) is 0 Å². The molecule has 1 aliphatic rings. The highest BCUT2D eigenvalue weighted by Crippen LogP contribution is 1.80. The van der Waals surface area contributed by atoms with Gasteiger partial charge in [0.1, 0.15) is 0 Å². The molecule has 0 radical (unpaired) electrons. The molecular weight excluding hydrogens is 96.0 g/mol. The molecule has 2 amide bonds. The van der Waals surface area contributed by atoms with Gasteiger partial charge in [-0.15, -0.1) is 0 Å². The van der Waals surface area contributed by atoms with Crippen LogP contribution in [0.15, 0.2) is 4.99 Å². The van der Waals surface area contributed by atoms with E-state index in [0.717, 1.165) is 0 Å². The number of nitrogens with zero attached hydrogens (tertiary/aromatic N) is 2.